The van der Waals surface area contributed by atoms with Crippen LogP contribution in [0.4, 0.5) is 17.5 Å². The van der Waals surface area contributed by atoms with Gasteiger partial charge in [0.1, 0.15) is 12.2 Å². The van der Waals surface area contributed by atoms with Crippen LogP contribution in [0.2, 0.25) is 5.02 Å². The van der Waals surface area contributed by atoms with Gasteiger partial charge >= 0.3 is 0 Å². The summed E-state index contributed by atoms with van der Waals surface area (Å²) in [5.41, 5.74) is 6.71. The molecule has 0 saturated heterocycles. The van der Waals surface area contributed by atoms with Gasteiger partial charge in [0.15, 0.2) is 5.82 Å². The van der Waals surface area contributed by atoms with E-state index in [1.54, 1.807) is 19.5 Å². The third kappa shape index (κ3) is 4.76. The number of rotatable bonds is 5. The molecule has 0 amide bonds. The molecule has 4 N–H and O–H groups in total. The van der Waals surface area contributed by atoms with Crippen LogP contribution in [0.1, 0.15) is 25.7 Å². The number of anilines is 3. The third-order valence-corrected chi connectivity index (χ3v) is 6.41. The standard InChI is InChI=1S/C18H25ClN5OP/c1-26(2,25)16-6-4-3-5-15(16)23-17-14(19)11-21-18(24-17)22-13-9-7-12(20)8-10-13/h3-6,11-13H,7-10,20H2,1-2H3,(H2,21,22,23,24). The highest BCUT2D eigenvalue weighted by atomic mass is 35.5. The van der Waals surface area contributed by atoms with Crippen LogP contribution in [0, 0.1) is 0 Å². The van der Waals surface area contributed by atoms with Crippen molar-refractivity contribution in [1.82, 2.24) is 9.97 Å². The molecule has 1 aliphatic carbocycles. The van der Waals surface area contributed by atoms with Crippen LogP contribution in [0.15, 0.2) is 30.5 Å². The van der Waals surface area contributed by atoms with E-state index in [-0.39, 0.29) is 0 Å². The molecule has 0 aliphatic heterocycles. The summed E-state index contributed by atoms with van der Waals surface area (Å²) in [6.07, 6.45) is 5.60. The van der Waals surface area contributed by atoms with Crippen molar-refractivity contribution < 1.29 is 4.57 Å². The van der Waals surface area contributed by atoms with Crippen LogP contribution in [-0.4, -0.2) is 35.4 Å². The number of hydrogen-bond acceptors (Lipinski definition) is 6. The normalized spacial score (nSPS) is 20.6. The van der Waals surface area contributed by atoms with Gasteiger partial charge in [-0.2, -0.15) is 4.98 Å². The van der Waals surface area contributed by atoms with Gasteiger partial charge < -0.3 is 20.9 Å². The quantitative estimate of drug-likeness (QED) is 0.669. The summed E-state index contributed by atoms with van der Waals surface area (Å²) >= 11 is 6.27. The summed E-state index contributed by atoms with van der Waals surface area (Å²) in [5.74, 6) is 1.03. The van der Waals surface area contributed by atoms with E-state index in [9.17, 15) is 4.57 Å². The summed E-state index contributed by atoms with van der Waals surface area (Å²) in [4.78, 5) is 8.80. The first kappa shape index (κ1) is 19.2. The van der Waals surface area contributed by atoms with E-state index in [0.29, 0.717) is 28.9 Å². The maximum Gasteiger partial charge on any atom is 0.224 e. The summed E-state index contributed by atoms with van der Waals surface area (Å²) in [6.45, 7) is 3.49. The number of aromatic nitrogens is 2. The number of para-hydroxylation sites is 1. The lowest BCUT2D eigenvalue weighted by Crippen LogP contribution is -2.33. The van der Waals surface area contributed by atoms with Crippen LogP contribution in [0.3, 0.4) is 0 Å². The van der Waals surface area contributed by atoms with Gasteiger partial charge in [-0.25, -0.2) is 4.98 Å². The van der Waals surface area contributed by atoms with Crippen LogP contribution in [-0.2, 0) is 4.57 Å². The summed E-state index contributed by atoms with van der Waals surface area (Å²) in [5, 5.41) is 7.77. The highest BCUT2D eigenvalue weighted by Gasteiger charge is 2.20. The Kier molecular flexibility index (Phi) is 5.86. The Morgan fingerprint density at radius 1 is 1.19 bits per heavy atom. The molecule has 0 atom stereocenters. The van der Waals surface area contributed by atoms with E-state index >= 15 is 0 Å². The first-order valence-electron chi connectivity index (χ1n) is 8.79. The smallest absolute Gasteiger partial charge is 0.224 e. The molecule has 6 nitrogen and oxygen atoms in total. The summed E-state index contributed by atoms with van der Waals surface area (Å²) < 4.78 is 12.5. The van der Waals surface area contributed by atoms with Crippen molar-refractivity contribution in [2.75, 3.05) is 24.0 Å². The molecule has 8 heteroatoms. The Morgan fingerprint density at radius 2 is 1.88 bits per heavy atom. The zero-order valence-electron chi connectivity index (χ0n) is 15.1. The van der Waals surface area contributed by atoms with Crippen LogP contribution < -0.4 is 21.7 Å². The molecule has 3 rings (SSSR count). The average Bonchev–Trinajstić information content (AvgIpc) is 2.59. The predicted molar refractivity (Wildman–Crippen MR) is 110 cm³/mol. The molecule has 26 heavy (non-hydrogen) atoms. The minimum absolute atomic E-state index is 0.298. The highest BCUT2D eigenvalue weighted by Crippen LogP contribution is 2.38. The molecule has 1 saturated carbocycles. The van der Waals surface area contributed by atoms with Gasteiger partial charge in [0.05, 0.1) is 11.9 Å². The molecule has 0 spiro atoms. The van der Waals surface area contributed by atoms with Gasteiger partial charge in [0.25, 0.3) is 0 Å². The largest absolute Gasteiger partial charge is 0.351 e. The van der Waals surface area contributed by atoms with Crippen LogP contribution >= 0.6 is 18.7 Å². The van der Waals surface area contributed by atoms with Crippen molar-refractivity contribution in [1.29, 1.82) is 0 Å². The maximum atomic E-state index is 12.5. The number of nitrogens with one attached hydrogen (secondary N) is 2. The third-order valence-electron chi connectivity index (χ3n) is 4.59. The number of halogens is 1. The minimum Gasteiger partial charge on any atom is -0.351 e. The molecular weight excluding hydrogens is 369 g/mol. The fraction of sp³-hybridized carbons (Fsp3) is 0.444. The zero-order chi connectivity index (χ0) is 18.7. The molecule has 1 heterocycles. The van der Waals surface area contributed by atoms with Crippen LogP contribution in [0.25, 0.3) is 0 Å². The molecule has 0 radical (unpaired) electrons. The van der Waals surface area contributed by atoms with Crippen LogP contribution in [0.5, 0.6) is 0 Å². The van der Waals surface area contributed by atoms with E-state index in [2.05, 4.69) is 20.6 Å². The van der Waals surface area contributed by atoms with Gasteiger partial charge in [-0.05, 0) is 51.1 Å². The molecule has 1 aliphatic rings. The lowest BCUT2D eigenvalue weighted by atomic mass is 9.92. The predicted octanol–water partition coefficient (Wildman–Crippen LogP) is 3.80. The van der Waals surface area contributed by atoms with E-state index in [4.69, 9.17) is 17.3 Å². The molecule has 1 aromatic heterocycles. The number of nitrogens with zero attached hydrogens (tertiary/aromatic N) is 2. The second-order valence-electron chi connectivity index (χ2n) is 7.14. The molecular formula is C18H25ClN5OP. The topological polar surface area (TPSA) is 92.9 Å². The lowest BCUT2D eigenvalue weighted by Gasteiger charge is -2.26. The summed E-state index contributed by atoms with van der Waals surface area (Å²) in [7, 11) is -2.43. The van der Waals surface area contributed by atoms with Gasteiger partial charge in [0, 0.05) is 17.4 Å². The first-order chi connectivity index (χ1) is 12.3. The Bertz CT molecular complexity index is 817. The fourth-order valence-electron chi connectivity index (χ4n) is 3.15. The van der Waals surface area contributed by atoms with E-state index in [1.807, 2.05) is 24.3 Å². The molecule has 140 valence electrons. The average molecular weight is 394 g/mol. The maximum absolute atomic E-state index is 12.5. The molecule has 0 unspecified atom stereocenters. The second-order valence-corrected chi connectivity index (χ2v) is 10.7. The summed E-state index contributed by atoms with van der Waals surface area (Å²) in [6, 6.07) is 8.13. The number of nitrogens with two attached hydrogens (primary N) is 1. The SMILES string of the molecule is CP(C)(=O)c1ccccc1Nc1nc(NC2CCC(N)CC2)ncc1Cl. The van der Waals surface area contributed by atoms with Crippen molar-refractivity contribution in [3.05, 3.63) is 35.5 Å². The van der Waals surface area contributed by atoms with Crippen molar-refractivity contribution in [2.24, 2.45) is 5.73 Å². The van der Waals surface area contributed by atoms with Crippen molar-refractivity contribution in [3.8, 4) is 0 Å². The zero-order valence-corrected chi connectivity index (χ0v) is 16.7. The van der Waals surface area contributed by atoms with Crippen molar-refractivity contribution in [2.45, 2.75) is 37.8 Å². The van der Waals surface area contributed by atoms with Gasteiger partial charge in [0.2, 0.25) is 5.95 Å². The number of hydrogen-bond donors (Lipinski definition) is 3. The van der Waals surface area contributed by atoms with Gasteiger partial charge in [-0.3, -0.25) is 0 Å². The number of benzene rings is 1. The fourth-order valence-corrected chi connectivity index (χ4v) is 4.44. The van der Waals surface area contributed by atoms with E-state index < -0.39 is 7.14 Å². The Morgan fingerprint density at radius 3 is 2.58 bits per heavy atom. The monoisotopic (exact) mass is 393 g/mol. The molecule has 0 bridgehead atoms. The lowest BCUT2D eigenvalue weighted by molar-refractivity contribution is 0.410. The molecule has 2 aromatic rings. The van der Waals surface area contributed by atoms with E-state index in [0.717, 1.165) is 36.7 Å². The Hall–Kier alpha value is -1.62. The second kappa shape index (κ2) is 7.95. The van der Waals surface area contributed by atoms with Gasteiger partial charge in [-0.15, -0.1) is 0 Å². The van der Waals surface area contributed by atoms with Crippen molar-refractivity contribution in [3.63, 3.8) is 0 Å². The Balaban J connectivity index is 1.80. The highest BCUT2D eigenvalue weighted by molar-refractivity contribution is 7.70. The first-order valence-corrected chi connectivity index (χ1v) is 11.8. The Labute approximate surface area is 159 Å². The van der Waals surface area contributed by atoms with E-state index in [1.165, 1.54) is 0 Å². The van der Waals surface area contributed by atoms with Crippen molar-refractivity contribution >= 4 is 41.5 Å². The molecule has 1 fully saturated rings. The molecule has 1 aromatic carbocycles. The minimum atomic E-state index is -2.43. The van der Waals surface area contributed by atoms with Gasteiger partial charge in [-0.1, -0.05) is 23.7 Å².